The third-order valence-corrected chi connectivity index (χ3v) is 6.33. The van der Waals surface area contributed by atoms with E-state index in [2.05, 4.69) is 9.82 Å². The summed E-state index contributed by atoms with van der Waals surface area (Å²) in [6.45, 7) is 4.03. The molecule has 0 saturated heterocycles. The SMILES string of the molecule is Cc1ccc(S(=O)(=O)NCCn2ncc3c2CCOC3)s1. The largest absolute Gasteiger partial charge is 0.376 e. The van der Waals surface area contributed by atoms with Crippen molar-refractivity contribution in [3.05, 3.63) is 34.5 Å². The molecule has 0 amide bonds. The molecule has 0 saturated carbocycles. The zero-order valence-electron chi connectivity index (χ0n) is 11.7. The molecule has 0 atom stereocenters. The normalized spacial score (nSPS) is 15.1. The first-order chi connectivity index (χ1) is 10.1. The Morgan fingerprint density at radius 2 is 2.33 bits per heavy atom. The molecule has 0 aromatic carbocycles. The molecule has 2 aromatic rings. The summed E-state index contributed by atoms with van der Waals surface area (Å²) in [5.74, 6) is 0. The van der Waals surface area contributed by atoms with Gasteiger partial charge in [-0.25, -0.2) is 13.1 Å². The van der Waals surface area contributed by atoms with E-state index in [-0.39, 0.29) is 0 Å². The lowest BCUT2D eigenvalue weighted by molar-refractivity contribution is 0.109. The molecule has 1 aliphatic rings. The first-order valence-corrected chi connectivity index (χ1v) is 9.03. The van der Waals surface area contributed by atoms with E-state index in [1.165, 1.54) is 11.3 Å². The third kappa shape index (κ3) is 3.18. The summed E-state index contributed by atoms with van der Waals surface area (Å²) in [7, 11) is -3.41. The number of nitrogens with zero attached hydrogens (tertiary/aromatic N) is 2. The number of sulfonamides is 1. The molecule has 1 N–H and O–H groups in total. The highest BCUT2D eigenvalue weighted by Crippen LogP contribution is 2.20. The van der Waals surface area contributed by atoms with Crippen molar-refractivity contribution in [1.29, 1.82) is 0 Å². The van der Waals surface area contributed by atoms with Gasteiger partial charge in [0.2, 0.25) is 10.0 Å². The van der Waals surface area contributed by atoms with Gasteiger partial charge in [-0.15, -0.1) is 11.3 Å². The molecular formula is C13H17N3O3S2. The first kappa shape index (κ1) is 14.7. The average molecular weight is 327 g/mol. The van der Waals surface area contributed by atoms with Crippen LogP contribution in [0.4, 0.5) is 0 Å². The molecule has 0 radical (unpaired) electrons. The van der Waals surface area contributed by atoms with Gasteiger partial charge in [-0.3, -0.25) is 4.68 Å². The summed E-state index contributed by atoms with van der Waals surface area (Å²) in [5.41, 5.74) is 2.24. The lowest BCUT2D eigenvalue weighted by atomic mass is 10.2. The Morgan fingerprint density at radius 3 is 3.10 bits per heavy atom. The lowest BCUT2D eigenvalue weighted by Gasteiger charge is -2.14. The van der Waals surface area contributed by atoms with Gasteiger partial charge < -0.3 is 4.74 Å². The van der Waals surface area contributed by atoms with Crippen molar-refractivity contribution in [3.8, 4) is 0 Å². The van der Waals surface area contributed by atoms with Crippen LogP contribution in [0, 0.1) is 6.92 Å². The standard InChI is InChI=1S/C13H17N3O3S2/c1-10-2-3-13(20-10)21(17,18)15-5-6-16-12-4-7-19-9-11(12)8-14-16/h2-3,8,15H,4-7,9H2,1H3. The van der Waals surface area contributed by atoms with Crippen LogP contribution in [-0.4, -0.2) is 31.3 Å². The number of nitrogens with one attached hydrogen (secondary N) is 1. The second-order valence-corrected chi connectivity index (χ2v) is 8.19. The van der Waals surface area contributed by atoms with E-state index in [9.17, 15) is 8.42 Å². The Kier molecular flexibility index (Phi) is 4.12. The Hall–Kier alpha value is -1.22. The highest BCUT2D eigenvalue weighted by molar-refractivity contribution is 7.91. The highest BCUT2D eigenvalue weighted by Gasteiger charge is 2.17. The number of hydrogen-bond acceptors (Lipinski definition) is 5. The molecule has 6 nitrogen and oxygen atoms in total. The molecule has 1 aliphatic heterocycles. The second-order valence-electron chi connectivity index (χ2n) is 4.91. The number of rotatable bonds is 5. The van der Waals surface area contributed by atoms with Gasteiger partial charge in [0.25, 0.3) is 0 Å². The predicted molar refractivity (Wildman–Crippen MR) is 79.8 cm³/mol. The smallest absolute Gasteiger partial charge is 0.250 e. The van der Waals surface area contributed by atoms with E-state index in [0.717, 1.165) is 22.6 Å². The van der Waals surface area contributed by atoms with Gasteiger partial charge in [0, 0.05) is 29.1 Å². The van der Waals surface area contributed by atoms with Gasteiger partial charge in [0.1, 0.15) is 4.21 Å². The van der Waals surface area contributed by atoms with Crippen LogP contribution in [0.15, 0.2) is 22.5 Å². The molecular weight excluding hydrogens is 310 g/mol. The number of fused-ring (bicyclic) bond motifs is 1. The van der Waals surface area contributed by atoms with Crippen LogP contribution >= 0.6 is 11.3 Å². The zero-order valence-corrected chi connectivity index (χ0v) is 13.3. The number of hydrogen-bond donors (Lipinski definition) is 1. The van der Waals surface area contributed by atoms with Crippen molar-refractivity contribution in [3.63, 3.8) is 0 Å². The van der Waals surface area contributed by atoms with Crippen molar-refractivity contribution in [2.45, 2.75) is 30.7 Å². The van der Waals surface area contributed by atoms with Gasteiger partial charge >= 0.3 is 0 Å². The van der Waals surface area contributed by atoms with E-state index < -0.39 is 10.0 Å². The maximum atomic E-state index is 12.1. The zero-order chi connectivity index (χ0) is 14.9. The van der Waals surface area contributed by atoms with Crippen molar-refractivity contribution in [2.24, 2.45) is 0 Å². The van der Waals surface area contributed by atoms with Gasteiger partial charge in [0.05, 0.1) is 26.0 Å². The number of aryl methyl sites for hydroxylation is 1. The molecule has 0 bridgehead atoms. The van der Waals surface area contributed by atoms with Crippen LogP contribution in [0.2, 0.25) is 0 Å². The van der Waals surface area contributed by atoms with Gasteiger partial charge in [-0.2, -0.15) is 5.10 Å². The minimum atomic E-state index is -3.41. The predicted octanol–water partition coefficient (Wildman–Crippen LogP) is 1.30. The van der Waals surface area contributed by atoms with Gasteiger partial charge in [-0.1, -0.05) is 0 Å². The molecule has 21 heavy (non-hydrogen) atoms. The van der Waals surface area contributed by atoms with E-state index in [0.29, 0.717) is 30.5 Å². The third-order valence-electron chi connectivity index (χ3n) is 3.37. The molecule has 114 valence electrons. The molecule has 2 aromatic heterocycles. The summed E-state index contributed by atoms with van der Waals surface area (Å²) in [4.78, 5) is 0.983. The Bertz CT molecular complexity index is 734. The van der Waals surface area contributed by atoms with Crippen LogP contribution in [-0.2, 0) is 34.3 Å². The van der Waals surface area contributed by atoms with Crippen molar-refractivity contribution in [2.75, 3.05) is 13.2 Å². The van der Waals surface area contributed by atoms with E-state index in [4.69, 9.17) is 4.74 Å². The van der Waals surface area contributed by atoms with Gasteiger partial charge in [0.15, 0.2) is 0 Å². The van der Waals surface area contributed by atoms with Crippen LogP contribution in [0.3, 0.4) is 0 Å². The van der Waals surface area contributed by atoms with Crippen molar-refractivity contribution < 1.29 is 13.2 Å². The minimum absolute atomic E-state index is 0.328. The van der Waals surface area contributed by atoms with Crippen LogP contribution < -0.4 is 4.72 Å². The summed E-state index contributed by atoms with van der Waals surface area (Å²) >= 11 is 1.28. The quantitative estimate of drug-likeness (QED) is 0.898. The summed E-state index contributed by atoms with van der Waals surface area (Å²) in [6, 6.07) is 3.44. The molecule has 8 heteroatoms. The maximum Gasteiger partial charge on any atom is 0.250 e. The van der Waals surface area contributed by atoms with E-state index in [1.54, 1.807) is 12.3 Å². The van der Waals surface area contributed by atoms with E-state index >= 15 is 0 Å². The fourth-order valence-electron chi connectivity index (χ4n) is 2.32. The second kappa shape index (κ2) is 5.88. The Labute approximate surface area is 127 Å². The number of ether oxygens (including phenoxy) is 1. The van der Waals surface area contributed by atoms with Crippen molar-refractivity contribution >= 4 is 21.4 Å². The molecule has 0 unspecified atom stereocenters. The molecule has 0 spiro atoms. The van der Waals surface area contributed by atoms with Crippen LogP contribution in [0.1, 0.15) is 16.1 Å². The average Bonchev–Trinajstić information content (AvgIpc) is 3.06. The van der Waals surface area contributed by atoms with Gasteiger partial charge in [-0.05, 0) is 19.1 Å². The Balaban J connectivity index is 1.62. The monoisotopic (exact) mass is 327 g/mol. The fourth-order valence-corrected chi connectivity index (χ4v) is 4.67. The minimum Gasteiger partial charge on any atom is -0.376 e. The first-order valence-electron chi connectivity index (χ1n) is 6.74. The Morgan fingerprint density at radius 1 is 1.48 bits per heavy atom. The molecule has 3 heterocycles. The lowest BCUT2D eigenvalue weighted by Crippen LogP contribution is -2.28. The molecule has 0 fully saturated rings. The molecule has 0 aliphatic carbocycles. The van der Waals surface area contributed by atoms with Crippen molar-refractivity contribution in [1.82, 2.24) is 14.5 Å². The summed E-state index contributed by atoms with van der Waals surface area (Å²) in [6.07, 6.45) is 2.62. The summed E-state index contributed by atoms with van der Waals surface area (Å²) < 4.78 is 34.4. The topological polar surface area (TPSA) is 73.2 Å². The van der Waals surface area contributed by atoms with Crippen LogP contribution in [0.5, 0.6) is 0 Å². The molecule has 3 rings (SSSR count). The van der Waals surface area contributed by atoms with Crippen LogP contribution in [0.25, 0.3) is 0 Å². The number of aromatic nitrogens is 2. The maximum absolute atomic E-state index is 12.1. The fraction of sp³-hybridized carbons (Fsp3) is 0.462. The van der Waals surface area contributed by atoms with E-state index in [1.807, 2.05) is 17.7 Å². The summed E-state index contributed by atoms with van der Waals surface area (Å²) in [5, 5.41) is 4.30. The number of thiophene rings is 1. The highest BCUT2D eigenvalue weighted by atomic mass is 32.2.